The summed E-state index contributed by atoms with van der Waals surface area (Å²) in [5, 5.41) is 12.0. The van der Waals surface area contributed by atoms with Gasteiger partial charge in [0.15, 0.2) is 0 Å². The van der Waals surface area contributed by atoms with Gasteiger partial charge in [-0.3, -0.25) is 4.90 Å². The van der Waals surface area contributed by atoms with E-state index < -0.39 is 0 Å². The van der Waals surface area contributed by atoms with Crippen molar-refractivity contribution in [1.82, 2.24) is 24.8 Å². The second kappa shape index (κ2) is 10.5. The first kappa shape index (κ1) is 24.5. The van der Waals surface area contributed by atoms with Crippen LogP contribution in [0.25, 0.3) is 5.69 Å². The van der Waals surface area contributed by atoms with E-state index in [1.54, 1.807) is 17.2 Å². The van der Waals surface area contributed by atoms with Crippen molar-refractivity contribution in [3.05, 3.63) is 95.8 Å². The van der Waals surface area contributed by atoms with E-state index in [0.717, 1.165) is 68.4 Å². The van der Waals surface area contributed by atoms with Gasteiger partial charge in [0.05, 0.1) is 18.1 Å². The van der Waals surface area contributed by atoms with Crippen LogP contribution in [0.4, 0.5) is 10.5 Å². The van der Waals surface area contributed by atoms with Crippen molar-refractivity contribution in [2.75, 3.05) is 31.5 Å². The first-order valence-corrected chi connectivity index (χ1v) is 13.2. The average molecular weight is 529 g/mol. The zero-order valence-corrected chi connectivity index (χ0v) is 21.7. The molecule has 4 aromatic rings. The number of carbonyl (C=O) groups excluding carboxylic acids is 1. The highest BCUT2D eigenvalue weighted by Crippen LogP contribution is 2.41. The third kappa shape index (κ3) is 5.51. The molecule has 2 saturated heterocycles. The number of amides is 2. The molecular weight excluding hydrogens is 500 g/mol. The van der Waals surface area contributed by atoms with E-state index in [9.17, 15) is 4.79 Å². The number of hydrogen-bond acceptors (Lipinski definition) is 5. The van der Waals surface area contributed by atoms with E-state index in [4.69, 9.17) is 16.3 Å². The van der Waals surface area contributed by atoms with Gasteiger partial charge in [-0.1, -0.05) is 23.7 Å². The van der Waals surface area contributed by atoms with Crippen LogP contribution in [0.2, 0.25) is 5.02 Å². The molecule has 8 nitrogen and oxygen atoms in total. The second-order valence-electron chi connectivity index (χ2n) is 10.1. The molecule has 0 unspecified atom stereocenters. The summed E-state index contributed by atoms with van der Waals surface area (Å²) in [4.78, 5) is 18.7. The number of nitrogens with one attached hydrogen (secondary N) is 1. The Morgan fingerprint density at radius 3 is 2.34 bits per heavy atom. The Balaban J connectivity index is 0.965. The number of piperidine rings is 1. The van der Waals surface area contributed by atoms with Gasteiger partial charge in [0.25, 0.3) is 0 Å². The molecule has 1 spiro atoms. The van der Waals surface area contributed by atoms with Gasteiger partial charge in [-0.25, -0.2) is 4.79 Å². The third-order valence-corrected chi connectivity index (χ3v) is 7.63. The Hall–Kier alpha value is -3.88. The predicted octanol–water partition coefficient (Wildman–Crippen LogP) is 5.84. The van der Waals surface area contributed by atoms with Gasteiger partial charge in [-0.2, -0.15) is 15.0 Å². The zero-order valence-electron chi connectivity index (χ0n) is 21.0. The molecule has 1 aromatic heterocycles. The summed E-state index contributed by atoms with van der Waals surface area (Å²) in [5.74, 6) is 1.60. The summed E-state index contributed by atoms with van der Waals surface area (Å²) >= 11 is 5.97. The summed E-state index contributed by atoms with van der Waals surface area (Å²) < 4.78 is 6.00. The van der Waals surface area contributed by atoms with Crippen molar-refractivity contribution >= 4 is 23.3 Å². The molecule has 6 rings (SSSR count). The third-order valence-electron chi connectivity index (χ3n) is 7.38. The summed E-state index contributed by atoms with van der Waals surface area (Å²) in [5.41, 5.74) is 3.09. The summed E-state index contributed by atoms with van der Waals surface area (Å²) in [6.07, 6.45) is 5.47. The van der Waals surface area contributed by atoms with Crippen LogP contribution in [0.3, 0.4) is 0 Å². The van der Waals surface area contributed by atoms with Gasteiger partial charge in [0, 0.05) is 35.8 Å². The number of likely N-dealkylation sites (tertiary alicyclic amines) is 2. The number of aromatic nitrogens is 3. The summed E-state index contributed by atoms with van der Waals surface area (Å²) in [6.45, 7) is 4.57. The number of ether oxygens (including phenoxy) is 1. The van der Waals surface area contributed by atoms with E-state index in [1.807, 2.05) is 65.6 Å². The monoisotopic (exact) mass is 528 g/mol. The normalized spacial score (nSPS) is 16.7. The number of benzene rings is 3. The lowest BCUT2D eigenvalue weighted by molar-refractivity contribution is -0.0200. The number of carbonyl (C=O) groups is 1. The topological polar surface area (TPSA) is 75.5 Å². The summed E-state index contributed by atoms with van der Waals surface area (Å²) in [6, 6.07) is 23.2. The number of anilines is 1. The first-order chi connectivity index (χ1) is 18.5. The molecule has 1 N–H and O–H groups in total. The largest absolute Gasteiger partial charge is 0.457 e. The number of urea groups is 1. The van der Waals surface area contributed by atoms with Crippen LogP contribution in [0.1, 0.15) is 18.4 Å². The van der Waals surface area contributed by atoms with E-state index in [1.165, 1.54) is 5.56 Å². The van der Waals surface area contributed by atoms with Crippen molar-refractivity contribution < 1.29 is 9.53 Å². The quantitative estimate of drug-likeness (QED) is 0.340. The molecule has 3 aromatic carbocycles. The Kier molecular flexibility index (Phi) is 6.74. The summed E-state index contributed by atoms with van der Waals surface area (Å²) in [7, 11) is 0. The van der Waals surface area contributed by atoms with Gasteiger partial charge < -0.3 is 15.0 Å². The van der Waals surface area contributed by atoms with E-state index in [2.05, 4.69) is 32.5 Å². The average Bonchev–Trinajstić information content (AvgIpc) is 3.45. The predicted molar refractivity (Wildman–Crippen MR) is 147 cm³/mol. The molecule has 0 radical (unpaired) electrons. The van der Waals surface area contributed by atoms with Gasteiger partial charge >= 0.3 is 6.03 Å². The van der Waals surface area contributed by atoms with E-state index in [-0.39, 0.29) is 11.4 Å². The molecule has 9 heteroatoms. The molecule has 2 aliphatic heterocycles. The minimum atomic E-state index is -0.0412. The van der Waals surface area contributed by atoms with Crippen molar-refractivity contribution in [2.45, 2.75) is 19.4 Å². The van der Waals surface area contributed by atoms with Crippen molar-refractivity contribution in [3.8, 4) is 17.2 Å². The molecule has 2 aliphatic rings. The maximum absolute atomic E-state index is 12.8. The smallest absolute Gasteiger partial charge is 0.321 e. The fraction of sp³-hybridized carbons (Fsp3) is 0.276. The number of nitrogens with zero attached hydrogens (tertiary/aromatic N) is 5. The van der Waals surface area contributed by atoms with Crippen LogP contribution in [0.15, 0.2) is 85.2 Å². The Morgan fingerprint density at radius 2 is 1.63 bits per heavy atom. The first-order valence-electron chi connectivity index (χ1n) is 12.8. The molecule has 194 valence electrons. The Bertz CT molecular complexity index is 1380. The SMILES string of the molecule is O=C(Nc1ccc(-n2nccn2)cc1)N1CC2(CCN(Cc3cccc(Oc4ccc(Cl)cc4)c3)CC2)C1. The molecule has 0 saturated carbocycles. The molecular formula is C29H29ClN6O2. The van der Waals surface area contributed by atoms with Crippen LogP contribution >= 0.6 is 11.6 Å². The van der Waals surface area contributed by atoms with Crippen molar-refractivity contribution in [1.29, 1.82) is 0 Å². The molecule has 0 bridgehead atoms. The maximum Gasteiger partial charge on any atom is 0.321 e. The fourth-order valence-corrected chi connectivity index (χ4v) is 5.37. The molecule has 0 atom stereocenters. The number of hydrogen-bond donors (Lipinski definition) is 1. The van der Waals surface area contributed by atoms with Crippen molar-refractivity contribution in [3.63, 3.8) is 0 Å². The lowest BCUT2D eigenvalue weighted by Gasteiger charge is -2.53. The lowest BCUT2D eigenvalue weighted by atomic mass is 9.72. The fourth-order valence-electron chi connectivity index (χ4n) is 5.24. The lowest BCUT2D eigenvalue weighted by Crippen LogP contribution is -2.62. The van der Waals surface area contributed by atoms with Gasteiger partial charge in [0.1, 0.15) is 11.5 Å². The molecule has 38 heavy (non-hydrogen) atoms. The Labute approximate surface area is 226 Å². The van der Waals surface area contributed by atoms with Crippen molar-refractivity contribution in [2.24, 2.45) is 5.41 Å². The van der Waals surface area contributed by atoms with Crippen LogP contribution < -0.4 is 10.1 Å². The van der Waals surface area contributed by atoms with Crippen LogP contribution in [0.5, 0.6) is 11.5 Å². The standard InChI is InChI=1S/C29H29ClN6O2/c30-23-4-10-26(11-5-23)38-27-3-1-2-22(18-27)19-34-16-12-29(13-17-34)20-35(21-29)28(37)33-24-6-8-25(9-7-24)36-31-14-15-32-36/h1-11,14-15,18H,12-13,16-17,19-21H2,(H,33,37). The highest BCUT2D eigenvalue weighted by atomic mass is 35.5. The second-order valence-corrected chi connectivity index (χ2v) is 10.6. The van der Waals surface area contributed by atoms with Crippen LogP contribution in [0, 0.1) is 5.41 Å². The van der Waals surface area contributed by atoms with Crippen LogP contribution in [-0.4, -0.2) is 57.0 Å². The van der Waals surface area contributed by atoms with E-state index in [0.29, 0.717) is 5.02 Å². The molecule has 2 amide bonds. The van der Waals surface area contributed by atoms with E-state index >= 15 is 0 Å². The van der Waals surface area contributed by atoms with Gasteiger partial charge in [-0.05, 0) is 92.2 Å². The molecule has 2 fully saturated rings. The van der Waals surface area contributed by atoms with Gasteiger partial charge in [0.2, 0.25) is 0 Å². The minimum absolute atomic E-state index is 0.0412. The van der Waals surface area contributed by atoms with Crippen LogP contribution in [-0.2, 0) is 6.54 Å². The zero-order chi connectivity index (χ0) is 26.0. The number of rotatable bonds is 6. The number of halogens is 1. The Morgan fingerprint density at radius 1 is 0.921 bits per heavy atom. The minimum Gasteiger partial charge on any atom is -0.457 e. The molecule has 0 aliphatic carbocycles. The highest BCUT2D eigenvalue weighted by molar-refractivity contribution is 6.30. The maximum atomic E-state index is 12.8. The highest BCUT2D eigenvalue weighted by Gasteiger charge is 2.46. The van der Waals surface area contributed by atoms with Gasteiger partial charge in [-0.15, -0.1) is 0 Å². The molecule has 3 heterocycles.